The van der Waals surface area contributed by atoms with Crippen molar-refractivity contribution in [1.29, 1.82) is 0 Å². The molecule has 0 amide bonds. The Hall–Kier alpha value is -0.480. The number of halogens is 2. The van der Waals surface area contributed by atoms with E-state index >= 15 is 0 Å². The van der Waals surface area contributed by atoms with E-state index in [0.29, 0.717) is 11.8 Å². The molecule has 1 heterocycles. The largest absolute Gasteiger partial charge is 0.508 e. The summed E-state index contributed by atoms with van der Waals surface area (Å²) in [7, 11) is 0. The number of hydrogen-bond donors (Lipinski definition) is 2. The molecule has 0 spiro atoms. The number of nitrogens with one attached hydrogen (secondary N) is 1. The Balaban J connectivity index is 0.00000128. The number of aromatic hydroxyl groups is 1. The fourth-order valence-electron chi connectivity index (χ4n) is 2.03. The molecule has 1 fully saturated rings. The second-order valence-corrected chi connectivity index (χ2v) is 4.05. The van der Waals surface area contributed by atoms with Crippen LogP contribution in [-0.2, 0) is 0 Å². The zero-order chi connectivity index (χ0) is 10.7. The molecule has 98 valence electrons. The zero-order valence-corrected chi connectivity index (χ0v) is 11.6. The van der Waals surface area contributed by atoms with Crippen molar-refractivity contribution in [2.45, 2.75) is 13.0 Å². The van der Waals surface area contributed by atoms with E-state index in [1.54, 1.807) is 12.1 Å². The van der Waals surface area contributed by atoms with Gasteiger partial charge in [-0.15, -0.1) is 24.8 Å². The molecule has 1 aromatic rings. The van der Waals surface area contributed by atoms with E-state index < -0.39 is 0 Å². The molecular formula is C12H20Cl2N2O. The highest BCUT2D eigenvalue weighted by Gasteiger charge is 2.17. The average molecular weight is 279 g/mol. The summed E-state index contributed by atoms with van der Waals surface area (Å²) in [6, 6.07) is 7.96. The van der Waals surface area contributed by atoms with Gasteiger partial charge in [-0.3, -0.25) is 4.90 Å². The second kappa shape index (κ2) is 7.77. The van der Waals surface area contributed by atoms with Crippen molar-refractivity contribution in [2.24, 2.45) is 0 Å². The van der Waals surface area contributed by atoms with Gasteiger partial charge in [0.25, 0.3) is 0 Å². The molecule has 2 rings (SSSR count). The van der Waals surface area contributed by atoms with Gasteiger partial charge in [0.2, 0.25) is 0 Å². The van der Waals surface area contributed by atoms with Crippen LogP contribution in [0.15, 0.2) is 24.3 Å². The first kappa shape index (κ1) is 16.5. The lowest BCUT2D eigenvalue weighted by molar-refractivity contribution is 0.185. The van der Waals surface area contributed by atoms with Crippen molar-refractivity contribution < 1.29 is 5.11 Å². The Morgan fingerprint density at radius 3 is 2.18 bits per heavy atom. The lowest BCUT2D eigenvalue weighted by atomic mass is 10.1. The van der Waals surface area contributed by atoms with Crippen molar-refractivity contribution in [3.05, 3.63) is 29.8 Å². The smallest absolute Gasteiger partial charge is 0.115 e. The highest BCUT2D eigenvalue weighted by atomic mass is 35.5. The third-order valence-electron chi connectivity index (χ3n) is 3.07. The summed E-state index contributed by atoms with van der Waals surface area (Å²) < 4.78 is 0. The molecule has 1 aliphatic heterocycles. The number of rotatable bonds is 2. The van der Waals surface area contributed by atoms with Crippen LogP contribution >= 0.6 is 24.8 Å². The summed E-state index contributed by atoms with van der Waals surface area (Å²) in [5, 5.41) is 12.6. The van der Waals surface area contributed by atoms with Crippen molar-refractivity contribution in [3.63, 3.8) is 0 Å². The third-order valence-corrected chi connectivity index (χ3v) is 3.07. The Bertz CT molecular complexity index is 313. The van der Waals surface area contributed by atoms with Crippen LogP contribution in [-0.4, -0.2) is 36.2 Å². The van der Waals surface area contributed by atoms with Gasteiger partial charge in [-0.1, -0.05) is 12.1 Å². The molecule has 1 saturated heterocycles. The molecule has 0 saturated carbocycles. The van der Waals surface area contributed by atoms with Gasteiger partial charge in [-0.2, -0.15) is 0 Å². The summed E-state index contributed by atoms with van der Waals surface area (Å²) in [4.78, 5) is 2.46. The van der Waals surface area contributed by atoms with Crippen LogP contribution in [0.25, 0.3) is 0 Å². The number of nitrogens with zero attached hydrogens (tertiary/aromatic N) is 1. The van der Waals surface area contributed by atoms with Gasteiger partial charge in [-0.05, 0) is 24.6 Å². The van der Waals surface area contributed by atoms with Crippen molar-refractivity contribution in [2.75, 3.05) is 26.2 Å². The maximum absolute atomic E-state index is 9.23. The highest BCUT2D eigenvalue weighted by Crippen LogP contribution is 2.22. The standard InChI is InChI=1S/C12H18N2O.2ClH/c1-10(14-8-6-13-7-9-14)11-2-4-12(15)5-3-11;;/h2-5,10,13,15H,6-9H2,1H3;2*1H/t10-;;/m1../s1. The average Bonchev–Trinajstić information content (AvgIpc) is 2.30. The first-order valence-corrected chi connectivity index (χ1v) is 5.51. The molecule has 2 N–H and O–H groups in total. The Labute approximate surface area is 115 Å². The predicted octanol–water partition coefficient (Wildman–Crippen LogP) is 2.20. The van der Waals surface area contributed by atoms with Crippen LogP contribution in [0.1, 0.15) is 18.5 Å². The van der Waals surface area contributed by atoms with E-state index in [0.717, 1.165) is 26.2 Å². The van der Waals surface area contributed by atoms with Crippen LogP contribution < -0.4 is 5.32 Å². The topological polar surface area (TPSA) is 35.5 Å². The summed E-state index contributed by atoms with van der Waals surface area (Å²) in [6.07, 6.45) is 0. The minimum absolute atomic E-state index is 0. The molecule has 3 nitrogen and oxygen atoms in total. The van der Waals surface area contributed by atoms with E-state index in [-0.39, 0.29) is 24.8 Å². The quantitative estimate of drug-likeness (QED) is 0.871. The molecule has 1 aromatic carbocycles. The molecule has 0 bridgehead atoms. The first-order valence-electron chi connectivity index (χ1n) is 5.51. The minimum atomic E-state index is 0. The SMILES string of the molecule is C[C@H](c1ccc(O)cc1)N1CCNCC1.Cl.Cl. The highest BCUT2D eigenvalue weighted by molar-refractivity contribution is 5.85. The molecule has 1 aliphatic rings. The zero-order valence-electron chi connectivity index (χ0n) is 9.93. The summed E-state index contributed by atoms with van der Waals surface area (Å²) in [6.45, 7) is 6.56. The molecular weight excluding hydrogens is 259 g/mol. The van der Waals surface area contributed by atoms with Crippen LogP contribution in [0.5, 0.6) is 5.75 Å². The fraction of sp³-hybridized carbons (Fsp3) is 0.500. The van der Waals surface area contributed by atoms with Gasteiger partial charge in [-0.25, -0.2) is 0 Å². The van der Waals surface area contributed by atoms with E-state index in [1.807, 2.05) is 12.1 Å². The number of phenolic OH excluding ortho intramolecular Hbond substituents is 1. The van der Waals surface area contributed by atoms with Gasteiger partial charge in [0.15, 0.2) is 0 Å². The first-order chi connectivity index (χ1) is 7.27. The second-order valence-electron chi connectivity index (χ2n) is 4.05. The van der Waals surface area contributed by atoms with Crippen molar-refractivity contribution in [3.8, 4) is 5.75 Å². The molecule has 1 atom stereocenters. The van der Waals surface area contributed by atoms with Gasteiger partial charge in [0, 0.05) is 32.2 Å². The molecule has 0 unspecified atom stereocenters. The van der Waals surface area contributed by atoms with Crippen molar-refractivity contribution in [1.82, 2.24) is 10.2 Å². The van der Waals surface area contributed by atoms with Gasteiger partial charge >= 0.3 is 0 Å². The van der Waals surface area contributed by atoms with Crippen molar-refractivity contribution >= 4 is 24.8 Å². The van der Waals surface area contributed by atoms with Crippen LogP contribution in [0.4, 0.5) is 0 Å². The maximum atomic E-state index is 9.23. The maximum Gasteiger partial charge on any atom is 0.115 e. The van der Waals surface area contributed by atoms with Gasteiger partial charge < -0.3 is 10.4 Å². The Morgan fingerprint density at radius 1 is 1.12 bits per heavy atom. The predicted molar refractivity (Wildman–Crippen MR) is 75.5 cm³/mol. The summed E-state index contributed by atoms with van der Waals surface area (Å²) >= 11 is 0. The Kier molecular flexibility index (Phi) is 7.55. The van der Waals surface area contributed by atoms with E-state index in [9.17, 15) is 5.11 Å². The number of hydrogen-bond acceptors (Lipinski definition) is 3. The minimum Gasteiger partial charge on any atom is -0.508 e. The number of benzene rings is 1. The molecule has 5 heteroatoms. The Morgan fingerprint density at radius 2 is 1.65 bits per heavy atom. The van der Waals surface area contributed by atoms with Crippen LogP contribution in [0.2, 0.25) is 0 Å². The van der Waals surface area contributed by atoms with Crippen LogP contribution in [0, 0.1) is 0 Å². The number of phenols is 1. The van der Waals surface area contributed by atoms with Gasteiger partial charge in [0.1, 0.15) is 5.75 Å². The van der Waals surface area contributed by atoms with Crippen LogP contribution in [0.3, 0.4) is 0 Å². The molecule has 17 heavy (non-hydrogen) atoms. The van der Waals surface area contributed by atoms with Gasteiger partial charge in [0.05, 0.1) is 0 Å². The third kappa shape index (κ3) is 4.36. The summed E-state index contributed by atoms with van der Waals surface area (Å²) in [5.74, 6) is 0.339. The number of piperazine rings is 1. The monoisotopic (exact) mass is 278 g/mol. The van der Waals surface area contributed by atoms with E-state index in [1.165, 1.54) is 5.56 Å². The molecule has 0 aliphatic carbocycles. The lowest BCUT2D eigenvalue weighted by Gasteiger charge is -2.33. The summed E-state index contributed by atoms with van der Waals surface area (Å²) in [5.41, 5.74) is 1.27. The fourth-order valence-corrected chi connectivity index (χ4v) is 2.03. The van der Waals surface area contributed by atoms with E-state index in [4.69, 9.17) is 0 Å². The normalized spacial score (nSPS) is 17.7. The van der Waals surface area contributed by atoms with E-state index in [2.05, 4.69) is 17.1 Å². The lowest BCUT2D eigenvalue weighted by Crippen LogP contribution is -2.44. The molecule has 0 aromatic heterocycles. The molecule has 0 radical (unpaired) electrons.